The highest BCUT2D eigenvalue weighted by atomic mass is 16.5. The lowest BCUT2D eigenvalue weighted by molar-refractivity contribution is 0.0696. The van der Waals surface area contributed by atoms with Gasteiger partial charge in [0, 0.05) is 11.1 Å². The molecule has 2 aromatic rings. The minimum absolute atomic E-state index is 0.0484. The Hall–Kier alpha value is -2.75. The molecule has 0 bridgehead atoms. The summed E-state index contributed by atoms with van der Waals surface area (Å²) in [4.78, 5) is 10.9. The Labute approximate surface area is 141 Å². The molecule has 0 saturated heterocycles. The van der Waals surface area contributed by atoms with Crippen molar-refractivity contribution < 1.29 is 19.7 Å². The van der Waals surface area contributed by atoms with Crippen LogP contribution in [-0.4, -0.2) is 22.8 Å². The third-order valence-corrected chi connectivity index (χ3v) is 4.45. The molecule has 4 heteroatoms. The number of phenols is 1. The molecule has 0 spiro atoms. The third kappa shape index (κ3) is 3.13. The quantitative estimate of drug-likeness (QED) is 0.825. The van der Waals surface area contributed by atoms with E-state index in [1.807, 2.05) is 18.2 Å². The fraction of sp³-hybridized carbons (Fsp3) is 0.250. The van der Waals surface area contributed by atoms with Gasteiger partial charge in [-0.3, -0.25) is 0 Å². The standard InChI is InChI=1S/C20H20O4/c1-20(2)9-10-24-18-8-4-13(11-16(18)20)3-5-14-6-7-15(19(22)23)12-17(14)21/h3-8,11-12,21H,9-10H2,1-2H3,(H,22,23). The van der Waals surface area contributed by atoms with Gasteiger partial charge in [-0.15, -0.1) is 0 Å². The Morgan fingerprint density at radius 2 is 1.96 bits per heavy atom. The molecule has 0 radical (unpaired) electrons. The second-order valence-electron chi connectivity index (χ2n) is 6.65. The van der Waals surface area contributed by atoms with E-state index in [2.05, 4.69) is 19.9 Å². The number of hydrogen-bond acceptors (Lipinski definition) is 3. The topological polar surface area (TPSA) is 66.8 Å². The smallest absolute Gasteiger partial charge is 0.335 e. The summed E-state index contributed by atoms with van der Waals surface area (Å²) in [6.45, 7) is 5.15. The molecule has 2 aromatic carbocycles. The van der Waals surface area contributed by atoms with Crippen LogP contribution in [0.4, 0.5) is 0 Å². The maximum atomic E-state index is 10.9. The summed E-state index contributed by atoms with van der Waals surface area (Å²) in [5.41, 5.74) is 2.91. The van der Waals surface area contributed by atoms with Gasteiger partial charge in [0.1, 0.15) is 11.5 Å². The second kappa shape index (κ2) is 6.04. The van der Waals surface area contributed by atoms with E-state index in [0.717, 1.165) is 24.3 Å². The van der Waals surface area contributed by atoms with E-state index in [1.54, 1.807) is 12.1 Å². The first kappa shape index (κ1) is 16.1. The van der Waals surface area contributed by atoms with Gasteiger partial charge < -0.3 is 14.9 Å². The van der Waals surface area contributed by atoms with E-state index in [-0.39, 0.29) is 16.7 Å². The number of benzene rings is 2. The minimum atomic E-state index is -1.06. The highest BCUT2D eigenvalue weighted by Crippen LogP contribution is 2.39. The molecule has 0 saturated carbocycles. The van der Waals surface area contributed by atoms with Crippen LogP contribution in [0.3, 0.4) is 0 Å². The molecular formula is C20H20O4. The summed E-state index contributed by atoms with van der Waals surface area (Å²) in [5, 5.41) is 18.9. The monoisotopic (exact) mass is 324 g/mol. The van der Waals surface area contributed by atoms with Crippen LogP contribution in [0.25, 0.3) is 12.2 Å². The van der Waals surface area contributed by atoms with E-state index in [4.69, 9.17) is 9.84 Å². The van der Waals surface area contributed by atoms with Crippen molar-refractivity contribution in [2.24, 2.45) is 0 Å². The van der Waals surface area contributed by atoms with Gasteiger partial charge in [0.25, 0.3) is 0 Å². The third-order valence-electron chi connectivity index (χ3n) is 4.45. The van der Waals surface area contributed by atoms with Gasteiger partial charge in [-0.05, 0) is 41.7 Å². The Morgan fingerprint density at radius 1 is 1.17 bits per heavy atom. The Kier molecular flexibility index (Phi) is 4.06. The van der Waals surface area contributed by atoms with Crippen molar-refractivity contribution in [1.82, 2.24) is 0 Å². The number of rotatable bonds is 3. The molecule has 4 nitrogen and oxygen atoms in total. The maximum Gasteiger partial charge on any atom is 0.335 e. The number of aromatic carboxylic acids is 1. The molecule has 24 heavy (non-hydrogen) atoms. The molecule has 0 aliphatic carbocycles. The lowest BCUT2D eigenvalue weighted by Crippen LogP contribution is -2.26. The first-order valence-corrected chi connectivity index (χ1v) is 7.88. The first-order chi connectivity index (χ1) is 11.4. The summed E-state index contributed by atoms with van der Waals surface area (Å²) >= 11 is 0. The van der Waals surface area contributed by atoms with E-state index in [1.165, 1.54) is 17.7 Å². The Bertz CT molecular complexity index is 818. The van der Waals surface area contributed by atoms with E-state index in [9.17, 15) is 9.90 Å². The van der Waals surface area contributed by atoms with Crippen molar-refractivity contribution in [3.63, 3.8) is 0 Å². The summed E-state index contributed by atoms with van der Waals surface area (Å²) in [6.07, 6.45) is 4.66. The highest BCUT2D eigenvalue weighted by molar-refractivity contribution is 5.89. The fourth-order valence-electron chi connectivity index (χ4n) is 2.86. The van der Waals surface area contributed by atoms with Crippen molar-refractivity contribution in [3.8, 4) is 11.5 Å². The predicted molar refractivity (Wildman–Crippen MR) is 93.6 cm³/mol. The molecule has 0 amide bonds. The average molecular weight is 324 g/mol. The number of carboxylic acid groups (broad SMARTS) is 1. The second-order valence-corrected chi connectivity index (χ2v) is 6.65. The van der Waals surface area contributed by atoms with Gasteiger partial charge in [-0.2, -0.15) is 0 Å². The number of ether oxygens (including phenoxy) is 1. The number of carbonyl (C=O) groups is 1. The average Bonchev–Trinajstić information content (AvgIpc) is 2.53. The number of phenolic OH excluding ortho intramolecular Hbond substituents is 1. The van der Waals surface area contributed by atoms with Crippen molar-refractivity contribution in [2.75, 3.05) is 6.61 Å². The SMILES string of the molecule is CC1(C)CCOc2ccc(C=Cc3ccc(C(=O)O)cc3O)cc21. The number of fused-ring (bicyclic) bond motifs is 1. The van der Waals surface area contributed by atoms with Crippen molar-refractivity contribution in [2.45, 2.75) is 25.7 Å². The van der Waals surface area contributed by atoms with Crippen molar-refractivity contribution in [3.05, 3.63) is 58.7 Å². The van der Waals surface area contributed by atoms with E-state index < -0.39 is 5.97 Å². The highest BCUT2D eigenvalue weighted by Gasteiger charge is 2.28. The van der Waals surface area contributed by atoms with Crippen LogP contribution in [0.5, 0.6) is 11.5 Å². The molecule has 1 aliphatic heterocycles. The molecule has 124 valence electrons. The molecule has 2 N–H and O–H groups in total. The van der Waals surface area contributed by atoms with Crippen LogP contribution < -0.4 is 4.74 Å². The number of aromatic hydroxyl groups is 1. The van der Waals surface area contributed by atoms with Crippen molar-refractivity contribution in [1.29, 1.82) is 0 Å². The maximum absolute atomic E-state index is 10.9. The van der Waals surface area contributed by atoms with Gasteiger partial charge >= 0.3 is 5.97 Å². The first-order valence-electron chi connectivity index (χ1n) is 7.88. The largest absolute Gasteiger partial charge is 0.507 e. The van der Waals surface area contributed by atoms with Crippen LogP contribution in [-0.2, 0) is 5.41 Å². The lowest BCUT2D eigenvalue weighted by Gasteiger charge is -2.32. The number of hydrogen-bond donors (Lipinski definition) is 2. The molecule has 3 rings (SSSR count). The van der Waals surface area contributed by atoms with Crippen LogP contribution in [0.2, 0.25) is 0 Å². The molecular weight excluding hydrogens is 304 g/mol. The fourth-order valence-corrected chi connectivity index (χ4v) is 2.86. The molecule has 0 fully saturated rings. The summed E-state index contributed by atoms with van der Waals surface area (Å²) in [5.74, 6) is -0.178. The van der Waals surface area contributed by atoms with Crippen LogP contribution in [0.15, 0.2) is 36.4 Å². The Morgan fingerprint density at radius 3 is 2.67 bits per heavy atom. The minimum Gasteiger partial charge on any atom is -0.507 e. The normalized spacial score (nSPS) is 15.8. The van der Waals surface area contributed by atoms with Crippen molar-refractivity contribution >= 4 is 18.1 Å². The predicted octanol–water partition coefficient (Wildman–Crippen LogP) is 4.32. The summed E-state index contributed by atoms with van der Waals surface area (Å²) < 4.78 is 5.71. The Balaban J connectivity index is 1.89. The summed E-state index contributed by atoms with van der Waals surface area (Å²) in [7, 11) is 0. The zero-order valence-electron chi connectivity index (χ0n) is 13.7. The lowest BCUT2D eigenvalue weighted by atomic mass is 9.79. The zero-order valence-corrected chi connectivity index (χ0v) is 13.7. The van der Waals surface area contributed by atoms with E-state index in [0.29, 0.717) is 5.56 Å². The van der Waals surface area contributed by atoms with Crippen LogP contribution in [0.1, 0.15) is 47.3 Å². The summed E-state index contributed by atoms with van der Waals surface area (Å²) in [6, 6.07) is 10.4. The van der Waals surface area contributed by atoms with Crippen LogP contribution >= 0.6 is 0 Å². The van der Waals surface area contributed by atoms with Gasteiger partial charge in [-0.25, -0.2) is 4.79 Å². The van der Waals surface area contributed by atoms with Gasteiger partial charge in [-0.1, -0.05) is 38.1 Å². The zero-order chi connectivity index (χ0) is 17.3. The molecule has 0 atom stereocenters. The molecule has 1 aliphatic rings. The number of carboxylic acids is 1. The van der Waals surface area contributed by atoms with E-state index >= 15 is 0 Å². The van der Waals surface area contributed by atoms with Gasteiger partial charge in [0.2, 0.25) is 0 Å². The molecule has 0 aromatic heterocycles. The molecule has 0 unspecified atom stereocenters. The van der Waals surface area contributed by atoms with Gasteiger partial charge in [0.15, 0.2) is 0 Å². The van der Waals surface area contributed by atoms with Gasteiger partial charge in [0.05, 0.1) is 12.2 Å². The molecule has 1 heterocycles. The van der Waals surface area contributed by atoms with Crippen LogP contribution in [0, 0.1) is 0 Å².